The van der Waals surface area contributed by atoms with E-state index >= 15 is 0 Å². The maximum absolute atomic E-state index is 3.61. The van der Waals surface area contributed by atoms with Crippen LogP contribution >= 0.6 is 0 Å². The Morgan fingerprint density at radius 3 is 1.80 bits per heavy atom. The molecule has 0 N–H and O–H groups in total. The zero-order valence-corrected chi connectivity index (χ0v) is 4.78. The van der Waals surface area contributed by atoms with Crippen molar-refractivity contribution in [3.8, 4) is 0 Å². The molecule has 0 bridgehead atoms. The lowest BCUT2D eigenvalue weighted by atomic mass is 11.3. The Hall–Kier alpha value is -0.0431. The van der Waals surface area contributed by atoms with Crippen LogP contribution in [-0.2, 0) is 0 Å². The highest BCUT2D eigenvalue weighted by molar-refractivity contribution is 6.61. The first-order valence-electron chi connectivity index (χ1n) is 1.70. The van der Waals surface area contributed by atoms with Gasteiger partial charge in [-0.15, -0.1) is 12.3 Å². The van der Waals surface area contributed by atoms with Crippen LogP contribution in [0.5, 0.6) is 0 Å². The minimum absolute atomic E-state index is 0.110. The van der Waals surface area contributed by atoms with Crippen molar-refractivity contribution in [2.24, 2.45) is 0 Å². The SMILES string of the molecule is C=C[Si](C)C. The molecule has 0 aliphatic heterocycles. The van der Waals surface area contributed by atoms with Crippen LogP contribution < -0.4 is 0 Å². The number of hydrogen-bond acceptors (Lipinski definition) is 0. The fourth-order valence-electron chi connectivity index (χ4n) is 0. The first kappa shape index (κ1) is 4.96. The van der Waals surface area contributed by atoms with Gasteiger partial charge in [-0.25, -0.2) is 0 Å². The Bertz CT molecular complexity index is 30.6. The van der Waals surface area contributed by atoms with Crippen molar-refractivity contribution >= 4 is 8.80 Å². The van der Waals surface area contributed by atoms with Crippen molar-refractivity contribution in [1.82, 2.24) is 0 Å². The van der Waals surface area contributed by atoms with Crippen LogP contribution in [0.4, 0.5) is 0 Å². The lowest BCUT2D eigenvalue weighted by molar-refractivity contribution is 2.00. The minimum atomic E-state index is -0.110. The van der Waals surface area contributed by atoms with E-state index in [0.717, 1.165) is 0 Å². The first-order chi connectivity index (χ1) is 2.27. The van der Waals surface area contributed by atoms with Gasteiger partial charge in [0.15, 0.2) is 0 Å². The molecule has 0 aliphatic rings. The highest BCUT2D eigenvalue weighted by Gasteiger charge is 1.78. The standard InChI is InChI=1S/C4H9Si/c1-4-5(2)3/h4H,1H2,2-3H3. The van der Waals surface area contributed by atoms with Gasteiger partial charge in [0.25, 0.3) is 0 Å². The predicted octanol–water partition coefficient (Wildman–Crippen LogP) is 1.47. The van der Waals surface area contributed by atoms with E-state index in [-0.39, 0.29) is 8.80 Å². The molecule has 0 aromatic carbocycles. The summed E-state index contributed by atoms with van der Waals surface area (Å²) in [5.41, 5.74) is 2.02. The molecule has 5 heavy (non-hydrogen) atoms. The van der Waals surface area contributed by atoms with Crippen LogP contribution in [0, 0.1) is 0 Å². The molecule has 0 saturated carbocycles. The smallest absolute Gasteiger partial charge is 0.0685 e. The van der Waals surface area contributed by atoms with Gasteiger partial charge in [0.1, 0.15) is 0 Å². The average molecular weight is 85.2 g/mol. The Balaban J connectivity index is 2.83. The molecule has 0 aromatic heterocycles. The van der Waals surface area contributed by atoms with E-state index in [1.54, 1.807) is 0 Å². The van der Waals surface area contributed by atoms with E-state index < -0.39 is 0 Å². The topological polar surface area (TPSA) is 0 Å². The average Bonchev–Trinajstić information content (AvgIpc) is 1.38. The van der Waals surface area contributed by atoms with Gasteiger partial charge in [-0.1, -0.05) is 13.1 Å². The molecular weight excluding hydrogens is 76.1 g/mol. The molecular formula is C4H9Si. The third-order valence-corrected chi connectivity index (χ3v) is 1.22. The summed E-state index contributed by atoms with van der Waals surface area (Å²) in [6.07, 6.45) is 0. The molecule has 0 aromatic rings. The molecule has 1 heteroatoms. The van der Waals surface area contributed by atoms with Gasteiger partial charge < -0.3 is 0 Å². The van der Waals surface area contributed by atoms with Gasteiger partial charge >= 0.3 is 0 Å². The maximum Gasteiger partial charge on any atom is 0.0685 e. The third-order valence-electron chi connectivity index (χ3n) is 0.408. The normalized spacial score (nSPS) is 8.60. The molecule has 0 spiro atoms. The molecule has 0 atom stereocenters. The quantitative estimate of drug-likeness (QED) is 0.423. The molecule has 0 aliphatic carbocycles. The first-order valence-corrected chi connectivity index (χ1v) is 4.27. The van der Waals surface area contributed by atoms with E-state index in [1.165, 1.54) is 0 Å². The highest BCUT2D eigenvalue weighted by atomic mass is 28.3. The van der Waals surface area contributed by atoms with Gasteiger partial charge in [0.05, 0.1) is 8.80 Å². The summed E-state index contributed by atoms with van der Waals surface area (Å²) in [5.74, 6) is 0. The fraction of sp³-hybridized carbons (Fsp3) is 0.500. The molecule has 1 radical (unpaired) electrons. The number of hydrogen-bond donors (Lipinski definition) is 0. The van der Waals surface area contributed by atoms with Crippen molar-refractivity contribution < 1.29 is 0 Å². The van der Waals surface area contributed by atoms with Gasteiger partial charge in [0, 0.05) is 0 Å². The molecule has 0 fully saturated rings. The van der Waals surface area contributed by atoms with E-state index in [1.807, 2.05) is 5.70 Å². The van der Waals surface area contributed by atoms with E-state index in [4.69, 9.17) is 0 Å². The van der Waals surface area contributed by atoms with Gasteiger partial charge in [-0.3, -0.25) is 0 Å². The molecule has 0 rings (SSSR count). The minimum Gasteiger partial charge on any atom is -0.107 e. The van der Waals surface area contributed by atoms with E-state index in [0.29, 0.717) is 0 Å². The van der Waals surface area contributed by atoms with Crippen LogP contribution in [0.3, 0.4) is 0 Å². The van der Waals surface area contributed by atoms with Crippen molar-refractivity contribution in [1.29, 1.82) is 0 Å². The maximum atomic E-state index is 3.61. The molecule has 0 amide bonds. The lowest BCUT2D eigenvalue weighted by Crippen LogP contribution is -1.89. The van der Waals surface area contributed by atoms with E-state index in [2.05, 4.69) is 19.7 Å². The predicted molar refractivity (Wildman–Crippen MR) is 27.7 cm³/mol. The summed E-state index contributed by atoms with van der Waals surface area (Å²) in [4.78, 5) is 0. The zero-order chi connectivity index (χ0) is 4.28. The summed E-state index contributed by atoms with van der Waals surface area (Å²) in [5, 5.41) is 0. The van der Waals surface area contributed by atoms with Crippen LogP contribution in [0.1, 0.15) is 0 Å². The van der Waals surface area contributed by atoms with Crippen LogP contribution in [0.15, 0.2) is 12.3 Å². The van der Waals surface area contributed by atoms with Crippen molar-refractivity contribution in [2.45, 2.75) is 13.1 Å². The van der Waals surface area contributed by atoms with Crippen molar-refractivity contribution in [3.63, 3.8) is 0 Å². The van der Waals surface area contributed by atoms with Crippen molar-refractivity contribution in [2.75, 3.05) is 0 Å². The van der Waals surface area contributed by atoms with Crippen LogP contribution in [0.25, 0.3) is 0 Å². The lowest BCUT2D eigenvalue weighted by Gasteiger charge is -1.80. The Labute approximate surface area is 35.1 Å². The summed E-state index contributed by atoms with van der Waals surface area (Å²) >= 11 is 0. The summed E-state index contributed by atoms with van der Waals surface area (Å²) < 4.78 is 0. The second-order valence-corrected chi connectivity index (χ2v) is 3.84. The monoisotopic (exact) mass is 85.0 g/mol. The second kappa shape index (κ2) is 2.21. The summed E-state index contributed by atoms with van der Waals surface area (Å²) in [6.45, 7) is 8.02. The summed E-state index contributed by atoms with van der Waals surface area (Å²) in [6, 6.07) is 0. The fourth-order valence-corrected chi connectivity index (χ4v) is 0. The molecule has 29 valence electrons. The summed E-state index contributed by atoms with van der Waals surface area (Å²) in [7, 11) is -0.110. The van der Waals surface area contributed by atoms with Gasteiger partial charge in [-0.2, -0.15) is 0 Å². The Morgan fingerprint density at radius 2 is 1.80 bits per heavy atom. The van der Waals surface area contributed by atoms with Crippen LogP contribution in [0.2, 0.25) is 13.1 Å². The second-order valence-electron chi connectivity index (χ2n) is 1.28. The molecule has 0 heterocycles. The van der Waals surface area contributed by atoms with Gasteiger partial charge in [-0.05, 0) is 0 Å². The highest BCUT2D eigenvalue weighted by Crippen LogP contribution is 1.73. The zero-order valence-electron chi connectivity index (χ0n) is 3.78. The van der Waals surface area contributed by atoms with Gasteiger partial charge in [0.2, 0.25) is 0 Å². The van der Waals surface area contributed by atoms with Crippen LogP contribution in [-0.4, -0.2) is 8.80 Å². The number of rotatable bonds is 1. The molecule has 0 unspecified atom stereocenters. The largest absolute Gasteiger partial charge is 0.107 e. The Kier molecular flexibility index (Phi) is 2.19. The Morgan fingerprint density at radius 1 is 1.60 bits per heavy atom. The molecule has 0 nitrogen and oxygen atoms in total. The van der Waals surface area contributed by atoms with E-state index in [9.17, 15) is 0 Å². The molecule has 0 saturated heterocycles. The van der Waals surface area contributed by atoms with Crippen molar-refractivity contribution in [3.05, 3.63) is 12.3 Å². The third kappa shape index (κ3) is 3.96.